The topological polar surface area (TPSA) is 86.8 Å². The average Bonchev–Trinajstić information content (AvgIpc) is 2.72. The van der Waals surface area contributed by atoms with Gasteiger partial charge in [-0.05, 0) is 29.8 Å². The van der Waals surface area contributed by atoms with Crippen molar-refractivity contribution in [3.63, 3.8) is 0 Å². The van der Waals surface area contributed by atoms with E-state index in [9.17, 15) is 31.2 Å². The fourth-order valence-electron chi connectivity index (χ4n) is 3.88. The smallest absolute Gasteiger partial charge is 0.249 e. The number of carbonyl (C=O) groups is 2. The van der Waals surface area contributed by atoms with Crippen LogP contribution in [-0.4, -0.2) is 55.6 Å². The molecule has 11 heteroatoms. The van der Waals surface area contributed by atoms with Crippen molar-refractivity contribution in [1.29, 1.82) is 0 Å². The molecule has 0 radical (unpaired) electrons. The van der Waals surface area contributed by atoms with Gasteiger partial charge in [0, 0.05) is 38.3 Å². The zero-order valence-corrected chi connectivity index (χ0v) is 17.0. The standard InChI is InChI=1S/C20H18F3N3O4S/c21-12-4-5-13-14(11-18(27)24-17(13)10-12)20(28)25-6-8-26(9-7-25)31(29,30)19-15(22)2-1-3-16(19)23/h1-5,10,14H,6-9,11H2,(H,24,27)/t14-/m1/s1. The first-order valence-electron chi connectivity index (χ1n) is 9.50. The van der Waals surface area contributed by atoms with E-state index in [0.717, 1.165) is 28.6 Å². The first-order chi connectivity index (χ1) is 14.7. The summed E-state index contributed by atoms with van der Waals surface area (Å²) in [6.45, 7) is -0.334. The predicted octanol–water partition coefficient (Wildman–Crippen LogP) is 2.06. The van der Waals surface area contributed by atoms with Crippen molar-refractivity contribution in [2.75, 3.05) is 31.5 Å². The number of hydrogen-bond donors (Lipinski definition) is 1. The van der Waals surface area contributed by atoms with Crippen molar-refractivity contribution in [2.45, 2.75) is 17.2 Å². The molecule has 0 aromatic heterocycles. The van der Waals surface area contributed by atoms with Gasteiger partial charge in [-0.15, -0.1) is 0 Å². The van der Waals surface area contributed by atoms with Gasteiger partial charge in [-0.1, -0.05) is 12.1 Å². The van der Waals surface area contributed by atoms with Crippen LogP contribution in [0.3, 0.4) is 0 Å². The molecule has 7 nitrogen and oxygen atoms in total. The molecule has 2 amide bonds. The van der Waals surface area contributed by atoms with Gasteiger partial charge in [0.1, 0.15) is 17.5 Å². The molecule has 4 rings (SSSR count). The minimum Gasteiger partial charge on any atom is -0.340 e. The van der Waals surface area contributed by atoms with Gasteiger partial charge in [-0.3, -0.25) is 9.59 Å². The Kier molecular flexibility index (Phi) is 5.48. The number of anilines is 1. The zero-order chi connectivity index (χ0) is 22.3. The summed E-state index contributed by atoms with van der Waals surface area (Å²) in [6.07, 6.45) is -0.115. The maximum atomic E-state index is 14.0. The van der Waals surface area contributed by atoms with Crippen LogP contribution in [0.4, 0.5) is 18.9 Å². The van der Waals surface area contributed by atoms with Crippen molar-refractivity contribution in [2.24, 2.45) is 0 Å². The molecular weight excluding hydrogens is 435 g/mol. The van der Waals surface area contributed by atoms with Crippen molar-refractivity contribution >= 4 is 27.5 Å². The Balaban J connectivity index is 1.51. The van der Waals surface area contributed by atoms with Gasteiger partial charge < -0.3 is 10.2 Å². The van der Waals surface area contributed by atoms with Gasteiger partial charge in [0.25, 0.3) is 0 Å². The number of nitrogens with one attached hydrogen (secondary N) is 1. The maximum absolute atomic E-state index is 14.0. The van der Waals surface area contributed by atoms with Gasteiger partial charge in [0.2, 0.25) is 21.8 Å². The molecule has 2 heterocycles. The highest BCUT2D eigenvalue weighted by atomic mass is 32.2. The summed E-state index contributed by atoms with van der Waals surface area (Å²) < 4.78 is 67.8. The third kappa shape index (κ3) is 3.90. The SMILES string of the molecule is O=C1C[C@@H](C(=O)N2CCN(S(=O)(=O)c3c(F)cccc3F)CC2)c2ccc(F)cc2N1. The van der Waals surface area contributed by atoms with E-state index in [2.05, 4.69) is 5.32 Å². The summed E-state index contributed by atoms with van der Waals surface area (Å²) in [5, 5.41) is 2.54. The van der Waals surface area contributed by atoms with Crippen LogP contribution in [0.15, 0.2) is 41.3 Å². The lowest BCUT2D eigenvalue weighted by molar-refractivity contribution is -0.136. The minimum absolute atomic E-state index is 0.0111. The Hall–Kier alpha value is -2.92. The zero-order valence-electron chi connectivity index (χ0n) is 16.1. The molecule has 2 aromatic carbocycles. The normalized spacial score (nSPS) is 19.6. The molecule has 1 atom stereocenters. The van der Waals surface area contributed by atoms with E-state index in [-0.39, 0.29) is 38.3 Å². The molecule has 0 unspecified atom stereocenters. The second-order valence-corrected chi connectivity index (χ2v) is 9.19. The first kappa shape index (κ1) is 21.3. The number of benzene rings is 2. The maximum Gasteiger partial charge on any atom is 0.249 e. The summed E-state index contributed by atoms with van der Waals surface area (Å²) in [5.74, 6) is -4.56. The van der Waals surface area contributed by atoms with E-state index in [1.807, 2.05) is 0 Å². The van der Waals surface area contributed by atoms with Gasteiger partial charge in [-0.25, -0.2) is 21.6 Å². The van der Waals surface area contributed by atoms with Crippen molar-refractivity contribution < 1.29 is 31.2 Å². The third-order valence-electron chi connectivity index (χ3n) is 5.42. The Bertz CT molecular complexity index is 1140. The number of carbonyl (C=O) groups excluding carboxylic acids is 2. The molecule has 1 fully saturated rings. The lowest BCUT2D eigenvalue weighted by Gasteiger charge is -2.36. The van der Waals surface area contributed by atoms with Crippen molar-refractivity contribution in [3.8, 4) is 0 Å². The summed E-state index contributed by atoms with van der Waals surface area (Å²) in [6, 6.07) is 6.58. The van der Waals surface area contributed by atoms with Crippen LogP contribution in [0.5, 0.6) is 0 Å². The molecule has 2 aliphatic heterocycles. The number of amides is 2. The fourth-order valence-corrected chi connectivity index (χ4v) is 5.42. The van der Waals surface area contributed by atoms with Crippen molar-refractivity contribution in [1.82, 2.24) is 9.21 Å². The monoisotopic (exact) mass is 453 g/mol. The third-order valence-corrected chi connectivity index (χ3v) is 7.37. The van der Waals surface area contributed by atoms with Crippen LogP contribution < -0.4 is 5.32 Å². The van der Waals surface area contributed by atoms with Crippen LogP contribution in [0.25, 0.3) is 0 Å². The lowest BCUT2D eigenvalue weighted by Crippen LogP contribution is -2.52. The van der Waals surface area contributed by atoms with Gasteiger partial charge in [0.05, 0.1) is 5.92 Å². The summed E-state index contributed by atoms with van der Waals surface area (Å²) in [4.78, 5) is 25.4. The molecule has 0 bridgehead atoms. The highest BCUT2D eigenvalue weighted by Crippen LogP contribution is 2.34. The fraction of sp³-hybridized carbons (Fsp3) is 0.300. The van der Waals surface area contributed by atoms with E-state index in [0.29, 0.717) is 5.56 Å². The highest BCUT2D eigenvalue weighted by Gasteiger charge is 2.38. The number of hydrogen-bond acceptors (Lipinski definition) is 4. The number of sulfonamides is 1. The highest BCUT2D eigenvalue weighted by molar-refractivity contribution is 7.89. The average molecular weight is 453 g/mol. The molecular formula is C20H18F3N3O4S. The summed E-state index contributed by atoms with van der Waals surface area (Å²) >= 11 is 0. The molecule has 164 valence electrons. The van der Waals surface area contributed by atoms with Gasteiger partial charge >= 0.3 is 0 Å². The molecule has 0 aliphatic carbocycles. The Morgan fingerprint density at radius 3 is 2.29 bits per heavy atom. The van der Waals surface area contributed by atoms with Crippen LogP contribution in [0.2, 0.25) is 0 Å². The quantitative estimate of drug-likeness (QED) is 0.771. The number of piperazine rings is 1. The molecule has 1 saturated heterocycles. The Morgan fingerprint density at radius 2 is 1.65 bits per heavy atom. The van der Waals surface area contributed by atoms with Crippen LogP contribution in [0, 0.1) is 17.5 Å². The largest absolute Gasteiger partial charge is 0.340 e. The van der Waals surface area contributed by atoms with E-state index in [1.54, 1.807) is 0 Å². The Labute approximate surface area is 176 Å². The molecule has 2 aliphatic rings. The molecule has 31 heavy (non-hydrogen) atoms. The number of halogens is 3. The van der Waals surface area contributed by atoms with E-state index < -0.39 is 50.1 Å². The van der Waals surface area contributed by atoms with Crippen LogP contribution in [0.1, 0.15) is 17.9 Å². The van der Waals surface area contributed by atoms with Crippen LogP contribution >= 0.6 is 0 Å². The molecule has 2 aromatic rings. The predicted molar refractivity (Wildman–Crippen MR) is 104 cm³/mol. The molecule has 0 spiro atoms. The summed E-state index contributed by atoms with van der Waals surface area (Å²) in [5.41, 5.74) is 0.709. The minimum atomic E-state index is -4.42. The van der Waals surface area contributed by atoms with Gasteiger partial charge in [0.15, 0.2) is 4.90 Å². The number of nitrogens with zero attached hydrogens (tertiary/aromatic N) is 2. The Morgan fingerprint density at radius 1 is 1.00 bits per heavy atom. The number of rotatable bonds is 3. The second kappa shape index (κ2) is 7.97. The van der Waals surface area contributed by atoms with E-state index in [4.69, 9.17) is 0 Å². The summed E-state index contributed by atoms with van der Waals surface area (Å²) in [7, 11) is -4.42. The van der Waals surface area contributed by atoms with Crippen LogP contribution in [-0.2, 0) is 19.6 Å². The van der Waals surface area contributed by atoms with Gasteiger partial charge in [-0.2, -0.15) is 4.31 Å². The second-order valence-electron chi connectivity index (χ2n) is 7.32. The lowest BCUT2D eigenvalue weighted by atomic mass is 9.89. The van der Waals surface area contributed by atoms with E-state index >= 15 is 0 Å². The molecule has 0 saturated carbocycles. The molecule has 1 N–H and O–H groups in total. The van der Waals surface area contributed by atoms with Crippen molar-refractivity contribution in [3.05, 3.63) is 59.4 Å². The van der Waals surface area contributed by atoms with E-state index in [1.165, 1.54) is 17.0 Å². The first-order valence-corrected chi connectivity index (χ1v) is 10.9. The number of fused-ring (bicyclic) bond motifs is 1.